The van der Waals surface area contributed by atoms with Crippen molar-refractivity contribution in [3.8, 4) is 16.9 Å². The lowest BCUT2D eigenvalue weighted by Gasteiger charge is -2.40. The number of rotatable bonds is 4. The number of ether oxygens (including phenoxy) is 1. The van der Waals surface area contributed by atoms with Gasteiger partial charge in [0.1, 0.15) is 11.4 Å². The molecule has 0 aliphatic carbocycles. The van der Waals surface area contributed by atoms with Gasteiger partial charge in [-0.1, -0.05) is 36.4 Å². The normalized spacial score (nSPS) is 17.2. The summed E-state index contributed by atoms with van der Waals surface area (Å²) in [4.78, 5) is 0. The van der Waals surface area contributed by atoms with E-state index in [0.29, 0.717) is 6.54 Å². The summed E-state index contributed by atoms with van der Waals surface area (Å²) in [7, 11) is 1.69. The zero-order valence-corrected chi connectivity index (χ0v) is 12.9. The predicted molar refractivity (Wildman–Crippen MR) is 89.8 cm³/mol. The van der Waals surface area contributed by atoms with E-state index in [0.717, 1.165) is 30.8 Å². The van der Waals surface area contributed by atoms with Crippen LogP contribution in [-0.2, 0) is 5.66 Å². The van der Waals surface area contributed by atoms with Gasteiger partial charge >= 0.3 is 0 Å². The third-order valence-electron chi connectivity index (χ3n) is 4.28. The zero-order valence-electron chi connectivity index (χ0n) is 12.9. The van der Waals surface area contributed by atoms with Crippen LogP contribution in [0.25, 0.3) is 11.1 Å². The molecule has 22 heavy (non-hydrogen) atoms. The maximum absolute atomic E-state index is 6.12. The summed E-state index contributed by atoms with van der Waals surface area (Å²) in [5.41, 5.74) is 9.26. The predicted octanol–water partition coefficient (Wildman–Crippen LogP) is 2.06. The van der Waals surface area contributed by atoms with Gasteiger partial charge in [-0.25, -0.2) is 0 Å². The van der Waals surface area contributed by atoms with E-state index in [4.69, 9.17) is 10.5 Å². The van der Waals surface area contributed by atoms with Gasteiger partial charge in [0.25, 0.3) is 0 Å². The quantitative estimate of drug-likeness (QED) is 0.808. The van der Waals surface area contributed by atoms with Crippen molar-refractivity contribution in [3.63, 3.8) is 0 Å². The number of nitrogens with one attached hydrogen (secondary N) is 2. The van der Waals surface area contributed by atoms with Gasteiger partial charge in [0.2, 0.25) is 0 Å². The van der Waals surface area contributed by atoms with E-state index in [1.54, 1.807) is 7.11 Å². The average Bonchev–Trinajstić information content (AvgIpc) is 2.62. The molecular formula is C18H23N3O. The van der Waals surface area contributed by atoms with Crippen molar-refractivity contribution >= 4 is 0 Å². The van der Waals surface area contributed by atoms with Crippen LogP contribution in [-0.4, -0.2) is 26.7 Å². The van der Waals surface area contributed by atoms with Crippen molar-refractivity contribution in [3.05, 3.63) is 54.1 Å². The Hall–Kier alpha value is -1.88. The van der Waals surface area contributed by atoms with Crippen molar-refractivity contribution < 1.29 is 4.74 Å². The standard InChI is InChI=1S/C18H23N3O/c1-22-15-7-4-6-14(12-15)16-8-2-3-9-17(16)18(13-19)20-10-5-11-21-18/h2-4,6-9,12,20-21H,5,10-11,13,19H2,1H3. The lowest BCUT2D eigenvalue weighted by molar-refractivity contribution is 0.232. The second kappa shape index (κ2) is 6.48. The molecule has 1 heterocycles. The van der Waals surface area contributed by atoms with Crippen LogP contribution >= 0.6 is 0 Å². The van der Waals surface area contributed by atoms with Crippen LogP contribution in [0.2, 0.25) is 0 Å². The van der Waals surface area contributed by atoms with Crippen molar-refractivity contribution in [1.29, 1.82) is 0 Å². The number of hydrogen-bond donors (Lipinski definition) is 3. The number of benzene rings is 2. The Morgan fingerprint density at radius 1 is 1.09 bits per heavy atom. The van der Waals surface area contributed by atoms with Crippen molar-refractivity contribution in [1.82, 2.24) is 10.6 Å². The lowest BCUT2D eigenvalue weighted by atomic mass is 9.89. The SMILES string of the molecule is COc1cccc(-c2ccccc2C2(CN)NCCCN2)c1. The number of nitrogens with two attached hydrogens (primary N) is 1. The first kappa shape index (κ1) is 15.0. The molecule has 0 bridgehead atoms. The monoisotopic (exact) mass is 297 g/mol. The average molecular weight is 297 g/mol. The highest BCUT2D eigenvalue weighted by molar-refractivity contribution is 5.70. The van der Waals surface area contributed by atoms with Gasteiger partial charge in [0, 0.05) is 6.54 Å². The molecule has 3 rings (SSSR count). The fraction of sp³-hybridized carbons (Fsp3) is 0.333. The second-order valence-corrected chi connectivity index (χ2v) is 5.59. The first-order chi connectivity index (χ1) is 10.8. The molecule has 1 aliphatic rings. The molecule has 0 amide bonds. The molecule has 4 heteroatoms. The van der Waals surface area contributed by atoms with Gasteiger partial charge in [-0.15, -0.1) is 0 Å². The van der Waals surface area contributed by atoms with E-state index in [9.17, 15) is 0 Å². The Morgan fingerprint density at radius 2 is 1.86 bits per heavy atom. The Kier molecular flexibility index (Phi) is 4.43. The fourth-order valence-corrected chi connectivity index (χ4v) is 3.10. The minimum atomic E-state index is -0.363. The molecular weight excluding hydrogens is 274 g/mol. The highest BCUT2D eigenvalue weighted by atomic mass is 16.5. The number of methoxy groups -OCH3 is 1. The van der Waals surface area contributed by atoms with E-state index in [-0.39, 0.29) is 5.66 Å². The van der Waals surface area contributed by atoms with Gasteiger partial charge < -0.3 is 10.5 Å². The maximum Gasteiger partial charge on any atom is 0.119 e. The van der Waals surface area contributed by atoms with Crippen molar-refractivity contribution in [2.75, 3.05) is 26.7 Å². The minimum Gasteiger partial charge on any atom is -0.497 e. The summed E-state index contributed by atoms with van der Waals surface area (Å²) in [6.07, 6.45) is 1.11. The van der Waals surface area contributed by atoms with E-state index in [1.807, 2.05) is 12.1 Å². The molecule has 0 radical (unpaired) electrons. The molecule has 0 saturated carbocycles. The third-order valence-corrected chi connectivity index (χ3v) is 4.28. The lowest BCUT2D eigenvalue weighted by Crippen LogP contribution is -2.62. The van der Waals surface area contributed by atoms with Gasteiger partial charge in [0.05, 0.1) is 7.11 Å². The van der Waals surface area contributed by atoms with Gasteiger partial charge in [-0.3, -0.25) is 10.6 Å². The molecule has 116 valence electrons. The topological polar surface area (TPSA) is 59.3 Å². The molecule has 2 aromatic rings. The molecule has 0 spiro atoms. The summed E-state index contributed by atoms with van der Waals surface area (Å²) >= 11 is 0. The second-order valence-electron chi connectivity index (χ2n) is 5.59. The van der Waals surface area contributed by atoms with Crippen LogP contribution in [0, 0.1) is 0 Å². The Labute approximate surface area is 131 Å². The van der Waals surface area contributed by atoms with Crippen LogP contribution in [0.1, 0.15) is 12.0 Å². The summed E-state index contributed by atoms with van der Waals surface area (Å²) in [6.45, 7) is 2.45. The van der Waals surface area contributed by atoms with Crippen LogP contribution in [0.5, 0.6) is 5.75 Å². The van der Waals surface area contributed by atoms with E-state index in [1.165, 1.54) is 11.1 Å². The molecule has 1 fully saturated rings. The van der Waals surface area contributed by atoms with Gasteiger partial charge in [0.15, 0.2) is 0 Å². The molecule has 1 aliphatic heterocycles. The smallest absolute Gasteiger partial charge is 0.119 e. The molecule has 0 aromatic heterocycles. The van der Waals surface area contributed by atoms with Crippen LogP contribution in [0.3, 0.4) is 0 Å². The van der Waals surface area contributed by atoms with Crippen molar-refractivity contribution in [2.24, 2.45) is 5.73 Å². The van der Waals surface area contributed by atoms with Crippen LogP contribution < -0.4 is 21.1 Å². The summed E-state index contributed by atoms with van der Waals surface area (Å²) in [6, 6.07) is 16.6. The highest BCUT2D eigenvalue weighted by Gasteiger charge is 2.33. The summed E-state index contributed by atoms with van der Waals surface area (Å²) < 4.78 is 5.36. The van der Waals surface area contributed by atoms with E-state index in [2.05, 4.69) is 47.0 Å². The molecule has 4 N–H and O–H groups in total. The molecule has 1 saturated heterocycles. The summed E-state index contributed by atoms with van der Waals surface area (Å²) in [5.74, 6) is 0.860. The van der Waals surface area contributed by atoms with Gasteiger partial charge in [-0.2, -0.15) is 0 Å². The summed E-state index contributed by atoms with van der Waals surface area (Å²) in [5, 5.41) is 7.14. The zero-order chi connectivity index (χ0) is 15.4. The van der Waals surface area contributed by atoms with Crippen LogP contribution in [0.4, 0.5) is 0 Å². The Balaban J connectivity index is 2.09. The Bertz CT molecular complexity index is 636. The molecule has 0 atom stereocenters. The largest absolute Gasteiger partial charge is 0.497 e. The first-order valence-electron chi connectivity index (χ1n) is 7.73. The van der Waals surface area contributed by atoms with E-state index < -0.39 is 0 Å². The molecule has 2 aromatic carbocycles. The first-order valence-corrected chi connectivity index (χ1v) is 7.73. The molecule has 4 nitrogen and oxygen atoms in total. The third kappa shape index (κ3) is 2.73. The highest BCUT2D eigenvalue weighted by Crippen LogP contribution is 2.32. The van der Waals surface area contributed by atoms with Gasteiger partial charge in [-0.05, 0) is 48.3 Å². The fourth-order valence-electron chi connectivity index (χ4n) is 3.10. The van der Waals surface area contributed by atoms with Crippen LogP contribution in [0.15, 0.2) is 48.5 Å². The maximum atomic E-state index is 6.12. The Morgan fingerprint density at radius 3 is 2.59 bits per heavy atom. The minimum absolute atomic E-state index is 0.363. The van der Waals surface area contributed by atoms with E-state index >= 15 is 0 Å². The number of hydrogen-bond acceptors (Lipinski definition) is 4. The molecule has 0 unspecified atom stereocenters. The van der Waals surface area contributed by atoms with Crippen molar-refractivity contribution in [2.45, 2.75) is 12.1 Å².